The van der Waals surface area contributed by atoms with Crippen molar-refractivity contribution in [2.24, 2.45) is 0 Å². The van der Waals surface area contributed by atoms with Crippen LogP contribution in [-0.2, 0) is 23.8 Å². The molecule has 1 aliphatic heterocycles. The number of carbonyl (C=O) groups is 2. The second-order valence-electron chi connectivity index (χ2n) is 7.49. The maximum Gasteiger partial charge on any atom is 0.336 e. The fourth-order valence-corrected chi connectivity index (χ4v) is 3.73. The summed E-state index contributed by atoms with van der Waals surface area (Å²) in [5.41, 5.74) is -0.0153. The second kappa shape index (κ2) is 11.2. The van der Waals surface area contributed by atoms with Gasteiger partial charge in [0.1, 0.15) is 5.60 Å². The fraction of sp³-hybridized carbons (Fsp3) is 0.455. The molecule has 1 heterocycles. The number of hydrogen-bond acceptors (Lipinski definition) is 8. The summed E-state index contributed by atoms with van der Waals surface area (Å²) < 4.78 is 15.8. The monoisotopic (exact) mass is 487 g/mol. The predicted octanol–water partition coefficient (Wildman–Crippen LogP) is 2.70. The van der Waals surface area contributed by atoms with Gasteiger partial charge < -0.3 is 29.7 Å². The van der Waals surface area contributed by atoms with E-state index in [9.17, 15) is 19.8 Å². The van der Waals surface area contributed by atoms with E-state index in [0.29, 0.717) is 17.0 Å². The number of halogens is 2. The number of hydrogen-bond donors (Lipinski definition) is 3. The molecule has 32 heavy (non-hydrogen) atoms. The minimum absolute atomic E-state index is 0.0992. The van der Waals surface area contributed by atoms with E-state index in [1.165, 1.54) is 14.0 Å². The van der Waals surface area contributed by atoms with Crippen LogP contribution in [0, 0.1) is 0 Å². The van der Waals surface area contributed by atoms with E-state index >= 15 is 0 Å². The van der Waals surface area contributed by atoms with Crippen LogP contribution >= 0.6 is 23.2 Å². The Bertz CT molecular complexity index is 940. The van der Waals surface area contributed by atoms with Crippen LogP contribution < -0.4 is 5.32 Å². The lowest BCUT2D eigenvalue weighted by Gasteiger charge is -2.32. The van der Waals surface area contributed by atoms with Crippen molar-refractivity contribution in [2.75, 3.05) is 33.5 Å². The Balaban J connectivity index is 2.66. The number of aliphatic hydroxyl groups is 2. The molecule has 176 valence electrons. The van der Waals surface area contributed by atoms with Crippen molar-refractivity contribution in [1.82, 2.24) is 5.32 Å². The van der Waals surface area contributed by atoms with Crippen LogP contribution in [0.3, 0.4) is 0 Å². The van der Waals surface area contributed by atoms with Gasteiger partial charge in [-0.1, -0.05) is 35.3 Å². The van der Waals surface area contributed by atoms with Gasteiger partial charge in [-0.25, -0.2) is 9.59 Å². The number of rotatable bonds is 9. The van der Waals surface area contributed by atoms with Gasteiger partial charge >= 0.3 is 11.9 Å². The van der Waals surface area contributed by atoms with Gasteiger partial charge in [-0.15, -0.1) is 0 Å². The number of allylic oxidation sites excluding steroid dienone is 1. The van der Waals surface area contributed by atoms with Crippen molar-refractivity contribution in [1.29, 1.82) is 0 Å². The van der Waals surface area contributed by atoms with Crippen LogP contribution in [0.4, 0.5) is 0 Å². The van der Waals surface area contributed by atoms with Crippen molar-refractivity contribution in [3.8, 4) is 0 Å². The van der Waals surface area contributed by atoms with E-state index in [-0.39, 0.29) is 41.0 Å². The zero-order valence-corrected chi connectivity index (χ0v) is 19.8. The van der Waals surface area contributed by atoms with Gasteiger partial charge in [-0.2, -0.15) is 0 Å². The topological polar surface area (TPSA) is 114 Å². The largest absolute Gasteiger partial charge is 0.466 e. The fourth-order valence-electron chi connectivity index (χ4n) is 3.31. The van der Waals surface area contributed by atoms with E-state index in [2.05, 4.69) is 5.32 Å². The number of esters is 2. The number of nitrogens with one attached hydrogen (secondary N) is 1. The molecule has 2 atom stereocenters. The third kappa shape index (κ3) is 5.82. The minimum atomic E-state index is -1.46. The molecule has 0 amide bonds. The summed E-state index contributed by atoms with van der Waals surface area (Å²) in [6.45, 7) is 4.00. The smallest absolute Gasteiger partial charge is 0.336 e. The van der Waals surface area contributed by atoms with Crippen LogP contribution in [-0.4, -0.2) is 61.3 Å². The van der Waals surface area contributed by atoms with E-state index in [4.69, 9.17) is 37.4 Å². The third-order valence-electron chi connectivity index (χ3n) is 4.84. The molecule has 0 bridgehead atoms. The van der Waals surface area contributed by atoms with Crippen LogP contribution in [0.25, 0.3) is 0 Å². The lowest BCUT2D eigenvalue weighted by molar-refractivity contribution is -0.139. The molecule has 8 nitrogen and oxygen atoms in total. The number of carbonyl (C=O) groups excluding carboxylic acids is 2. The van der Waals surface area contributed by atoms with Crippen molar-refractivity contribution in [3.05, 3.63) is 56.3 Å². The summed E-state index contributed by atoms with van der Waals surface area (Å²) in [5.74, 6) is -2.27. The van der Waals surface area contributed by atoms with Crippen LogP contribution in [0.5, 0.6) is 0 Å². The SMILES string of the molecule is CCOC(=O)C1=C(COCC(C)(O)CO)NC(C)=C(C(=O)OC)C1c1cccc(Cl)c1Cl. The van der Waals surface area contributed by atoms with Crippen molar-refractivity contribution in [2.45, 2.75) is 32.3 Å². The Morgan fingerprint density at radius 2 is 1.91 bits per heavy atom. The molecule has 10 heteroatoms. The molecule has 2 rings (SSSR count). The van der Waals surface area contributed by atoms with Crippen LogP contribution in [0.15, 0.2) is 40.7 Å². The molecule has 0 spiro atoms. The minimum Gasteiger partial charge on any atom is -0.466 e. The van der Waals surface area contributed by atoms with Gasteiger partial charge in [0.15, 0.2) is 0 Å². The second-order valence-corrected chi connectivity index (χ2v) is 8.28. The summed E-state index contributed by atoms with van der Waals surface area (Å²) in [6.07, 6.45) is 0. The molecule has 2 unspecified atom stereocenters. The highest BCUT2D eigenvalue weighted by molar-refractivity contribution is 6.42. The summed E-state index contributed by atoms with van der Waals surface area (Å²) in [4.78, 5) is 25.8. The quantitative estimate of drug-likeness (QED) is 0.455. The molecule has 1 aromatic carbocycles. The first-order valence-corrected chi connectivity index (χ1v) is 10.6. The summed E-state index contributed by atoms with van der Waals surface area (Å²) in [5, 5.41) is 22.7. The maximum absolute atomic E-state index is 13.1. The molecule has 1 aromatic rings. The standard InChI is InChI=1S/C22H27Cl2NO7/c1-5-32-21(28)18-15(9-31-11-22(3,29)10-26)25-12(2)16(20(27)30-4)17(18)13-7-6-8-14(23)19(13)24/h6-8,17,25-26,29H,5,9-11H2,1-4H3. The first-order chi connectivity index (χ1) is 15.1. The Hall–Kier alpha value is -2.10. The summed E-state index contributed by atoms with van der Waals surface area (Å²) >= 11 is 12.7. The first-order valence-electron chi connectivity index (χ1n) is 9.89. The number of dihydropyridines is 1. The molecule has 0 aliphatic carbocycles. The first kappa shape index (κ1) is 26.2. The average Bonchev–Trinajstić information content (AvgIpc) is 2.74. The molecular formula is C22H27Cl2NO7. The summed E-state index contributed by atoms with van der Waals surface area (Å²) in [7, 11) is 1.24. The Kier molecular flexibility index (Phi) is 9.12. The molecular weight excluding hydrogens is 461 g/mol. The number of ether oxygens (including phenoxy) is 3. The molecule has 0 saturated carbocycles. The van der Waals surface area contributed by atoms with E-state index in [1.54, 1.807) is 32.0 Å². The number of methoxy groups -OCH3 is 1. The van der Waals surface area contributed by atoms with Gasteiger partial charge in [0.05, 0.1) is 66.3 Å². The highest BCUT2D eigenvalue weighted by Gasteiger charge is 2.40. The highest BCUT2D eigenvalue weighted by atomic mass is 35.5. The zero-order chi connectivity index (χ0) is 24.1. The van der Waals surface area contributed by atoms with Gasteiger partial charge in [0.25, 0.3) is 0 Å². The molecule has 0 saturated heterocycles. The summed E-state index contributed by atoms with van der Waals surface area (Å²) in [6, 6.07) is 4.92. The molecule has 3 N–H and O–H groups in total. The number of benzene rings is 1. The van der Waals surface area contributed by atoms with Crippen molar-refractivity contribution < 1.29 is 34.0 Å². The Morgan fingerprint density at radius 3 is 2.50 bits per heavy atom. The molecule has 0 aromatic heterocycles. The Morgan fingerprint density at radius 1 is 1.22 bits per heavy atom. The normalized spacial score (nSPS) is 18.2. The van der Waals surface area contributed by atoms with Crippen LogP contribution in [0.1, 0.15) is 32.3 Å². The molecule has 1 aliphatic rings. The Labute approximate surface area is 196 Å². The third-order valence-corrected chi connectivity index (χ3v) is 5.67. The van der Waals surface area contributed by atoms with Crippen molar-refractivity contribution in [3.63, 3.8) is 0 Å². The average molecular weight is 488 g/mol. The lowest BCUT2D eigenvalue weighted by atomic mass is 9.80. The molecule has 0 radical (unpaired) electrons. The van der Waals surface area contributed by atoms with Crippen molar-refractivity contribution >= 4 is 35.1 Å². The maximum atomic E-state index is 13.1. The van der Waals surface area contributed by atoms with E-state index in [0.717, 1.165) is 0 Å². The van der Waals surface area contributed by atoms with E-state index in [1.807, 2.05) is 0 Å². The van der Waals surface area contributed by atoms with Gasteiger partial charge in [0, 0.05) is 5.70 Å². The van der Waals surface area contributed by atoms with E-state index < -0.39 is 30.1 Å². The molecule has 0 fully saturated rings. The lowest BCUT2D eigenvalue weighted by Crippen LogP contribution is -2.37. The zero-order valence-electron chi connectivity index (χ0n) is 18.3. The van der Waals surface area contributed by atoms with Gasteiger partial charge in [-0.05, 0) is 32.4 Å². The van der Waals surface area contributed by atoms with Gasteiger partial charge in [-0.3, -0.25) is 0 Å². The van der Waals surface area contributed by atoms with Crippen LogP contribution in [0.2, 0.25) is 10.0 Å². The highest BCUT2D eigenvalue weighted by Crippen LogP contribution is 2.43. The van der Waals surface area contributed by atoms with Gasteiger partial charge in [0.2, 0.25) is 0 Å². The number of aliphatic hydroxyl groups excluding tert-OH is 1. The predicted molar refractivity (Wildman–Crippen MR) is 119 cm³/mol.